The Morgan fingerprint density at radius 1 is 1.00 bits per heavy atom. The number of nitrogens with one attached hydrogen (secondary N) is 1. The molecule has 1 N–H and O–H groups in total. The summed E-state index contributed by atoms with van der Waals surface area (Å²) < 4.78 is 9.46. The van der Waals surface area contributed by atoms with Gasteiger partial charge in [0.1, 0.15) is 0 Å². The molecule has 6 nitrogen and oxygen atoms in total. The summed E-state index contributed by atoms with van der Waals surface area (Å²) in [6.07, 6.45) is 0.615. The van der Waals surface area contributed by atoms with Crippen LogP contribution in [0.2, 0.25) is 0 Å². The lowest BCUT2D eigenvalue weighted by molar-refractivity contribution is -0.159. The van der Waals surface area contributed by atoms with Crippen LogP contribution in [-0.4, -0.2) is 37.1 Å². The molecule has 1 atom stereocenters. The Morgan fingerprint density at radius 3 is 1.78 bits per heavy atom. The molecule has 0 saturated heterocycles. The van der Waals surface area contributed by atoms with Crippen LogP contribution in [0.1, 0.15) is 34.1 Å². The van der Waals surface area contributed by atoms with Crippen LogP contribution < -0.4 is 5.32 Å². The highest BCUT2D eigenvalue weighted by molar-refractivity contribution is 6.02. The zero-order chi connectivity index (χ0) is 14.1. The SMILES string of the molecule is CCOC(=O)C(NC(=O)C(C)CC)C(=O)OCC. The lowest BCUT2D eigenvalue weighted by atomic mass is 10.1. The van der Waals surface area contributed by atoms with E-state index in [1.54, 1.807) is 20.8 Å². The van der Waals surface area contributed by atoms with Gasteiger partial charge in [-0.3, -0.25) is 4.79 Å². The first-order valence-electron chi connectivity index (χ1n) is 6.11. The van der Waals surface area contributed by atoms with Crippen molar-refractivity contribution in [1.29, 1.82) is 0 Å². The van der Waals surface area contributed by atoms with Crippen LogP contribution in [0.15, 0.2) is 0 Å². The molecule has 0 radical (unpaired) electrons. The minimum atomic E-state index is -1.38. The topological polar surface area (TPSA) is 81.7 Å². The van der Waals surface area contributed by atoms with Gasteiger partial charge in [0, 0.05) is 5.92 Å². The van der Waals surface area contributed by atoms with Crippen molar-refractivity contribution < 1.29 is 23.9 Å². The average Bonchev–Trinajstić information content (AvgIpc) is 2.34. The number of carbonyl (C=O) groups excluding carboxylic acids is 3. The third-order valence-electron chi connectivity index (χ3n) is 2.39. The molecule has 0 aliphatic heterocycles. The summed E-state index contributed by atoms with van der Waals surface area (Å²) >= 11 is 0. The number of carbonyl (C=O) groups is 3. The van der Waals surface area contributed by atoms with Crippen molar-refractivity contribution in [3.05, 3.63) is 0 Å². The number of hydrogen-bond acceptors (Lipinski definition) is 5. The monoisotopic (exact) mass is 259 g/mol. The molecule has 1 unspecified atom stereocenters. The van der Waals surface area contributed by atoms with Crippen LogP contribution in [-0.2, 0) is 23.9 Å². The van der Waals surface area contributed by atoms with Gasteiger partial charge in [-0.25, -0.2) is 9.59 Å². The van der Waals surface area contributed by atoms with Gasteiger partial charge >= 0.3 is 11.9 Å². The molecule has 104 valence electrons. The zero-order valence-corrected chi connectivity index (χ0v) is 11.3. The maximum absolute atomic E-state index is 11.7. The maximum Gasteiger partial charge on any atom is 0.340 e. The second-order valence-corrected chi connectivity index (χ2v) is 3.75. The molecule has 0 aromatic heterocycles. The Labute approximate surface area is 107 Å². The summed E-state index contributed by atoms with van der Waals surface area (Å²) in [6.45, 7) is 7.06. The predicted molar refractivity (Wildman–Crippen MR) is 64.7 cm³/mol. The van der Waals surface area contributed by atoms with Crippen molar-refractivity contribution in [1.82, 2.24) is 5.32 Å². The number of ether oxygens (including phenoxy) is 2. The van der Waals surface area contributed by atoms with E-state index in [2.05, 4.69) is 5.32 Å². The Morgan fingerprint density at radius 2 is 1.44 bits per heavy atom. The number of rotatable bonds is 7. The summed E-state index contributed by atoms with van der Waals surface area (Å²) in [7, 11) is 0. The number of hydrogen-bond donors (Lipinski definition) is 1. The third-order valence-corrected chi connectivity index (χ3v) is 2.39. The molecule has 0 aliphatic carbocycles. The van der Waals surface area contributed by atoms with Crippen LogP contribution >= 0.6 is 0 Å². The highest BCUT2D eigenvalue weighted by Gasteiger charge is 2.32. The highest BCUT2D eigenvalue weighted by atomic mass is 16.6. The van der Waals surface area contributed by atoms with E-state index in [1.807, 2.05) is 6.92 Å². The minimum Gasteiger partial charge on any atom is -0.464 e. The molecule has 0 bridgehead atoms. The summed E-state index contributed by atoms with van der Waals surface area (Å²) in [4.78, 5) is 34.8. The fraction of sp³-hybridized carbons (Fsp3) is 0.750. The van der Waals surface area contributed by atoms with E-state index in [9.17, 15) is 14.4 Å². The molecule has 18 heavy (non-hydrogen) atoms. The smallest absolute Gasteiger partial charge is 0.340 e. The standard InChI is InChI=1S/C12H21NO5/c1-5-8(4)10(14)13-9(11(15)17-6-2)12(16)18-7-3/h8-9H,5-7H2,1-4H3,(H,13,14). The molecule has 6 heteroatoms. The number of amides is 1. The second-order valence-electron chi connectivity index (χ2n) is 3.75. The second kappa shape index (κ2) is 8.49. The van der Waals surface area contributed by atoms with Crippen molar-refractivity contribution >= 4 is 17.8 Å². The van der Waals surface area contributed by atoms with Crippen LogP contribution in [0.25, 0.3) is 0 Å². The molecule has 0 aromatic carbocycles. The summed E-state index contributed by atoms with van der Waals surface area (Å²) in [6, 6.07) is -1.38. The normalized spacial score (nSPS) is 11.8. The Bertz CT molecular complexity index is 285. The van der Waals surface area contributed by atoms with Gasteiger partial charge in [0.05, 0.1) is 13.2 Å². The van der Waals surface area contributed by atoms with Gasteiger partial charge in [-0.1, -0.05) is 13.8 Å². The van der Waals surface area contributed by atoms with Crippen LogP contribution in [0.4, 0.5) is 0 Å². The fourth-order valence-electron chi connectivity index (χ4n) is 1.14. The van der Waals surface area contributed by atoms with E-state index in [-0.39, 0.29) is 25.0 Å². The van der Waals surface area contributed by atoms with Gasteiger partial charge in [0.25, 0.3) is 0 Å². The van der Waals surface area contributed by atoms with Crippen molar-refractivity contribution in [3.8, 4) is 0 Å². The minimum absolute atomic E-state index is 0.133. The molecular weight excluding hydrogens is 238 g/mol. The molecule has 0 fully saturated rings. The van der Waals surface area contributed by atoms with E-state index in [0.29, 0.717) is 6.42 Å². The molecule has 0 aromatic rings. The van der Waals surface area contributed by atoms with Crippen LogP contribution in [0.5, 0.6) is 0 Å². The average molecular weight is 259 g/mol. The largest absolute Gasteiger partial charge is 0.464 e. The predicted octanol–water partition coefficient (Wildman–Crippen LogP) is 0.643. The Balaban J connectivity index is 4.71. The maximum atomic E-state index is 11.7. The van der Waals surface area contributed by atoms with Crippen molar-refractivity contribution in [2.45, 2.75) is 40.2 Å². The summed E-state index contributed by atoms with van der Waals surface area (Å²) in [5, 5.41) is 2.35. The lowest BCUT2D eigenvalue weighted by Gasteiger charge is -2.17. The molecular formula is C12H21NO5. The van der Waals surface area contributed by atoms with Gasteiger partial charge in [0.15, 0.2) is 0 Å². The molecule has 0 saturated carbocycles. The lowest BCUT2D eigenvalue weighted by Crippen LogP contribution is -2.49. The van der Waals surface area contributed by atoms with Crippen molar-refractivity contribution in [2.24, 2.45) is 5.92 Å². The molecule has 1 amide bonds. The van der Waals surface area contributed by atoms with Crippen LogP contribution in [0, 0.1) is 5.92 Å². The van der Waals surface area contributed by atoms with Crippen molar-refractivity contribution in [2.75, 3.05) is 13.2 Å². The van der Waals surface area contributed by atoms with Gasteiger partial charge in [-0.2, -0.15) is 0 Å². The van der Waals surface area contributed by atoms with Gasteiger partial charge < -0.3 is 14.8 Å². The molecule has 0 heterocycles. The van der Waals surface area contributed by atoms with E-state index in [4.69, 9.17) is 9.47 Å². The van der Waals surface area contributed by atoms with E-state index < -0.39 is 18.0 Å². The first-order chi connectivity index (χ1) is 8.47. The number of esters is 2. The van der Waals surface area contributed by atoms with E-state index in [0.717, 1.165) is 0 Å². The Kier molecular flexibility index (Phi) is 7.74. The van der Waals surface area contributed by atoms with Gasteiger partial charge in [0.2, 0.25) is 11.9 Å². The Hall–Kier alpha value is -1.59. The molecule has 0 rings (SSSR count). The highest BCUT2D eigenvalue weighted by Crippen LogP contribution is 2.02. The summed E-state index contributed by atoms with van der Waals surface area (Å²) in [5.41, 5.74) is 0. The van der Waals surface area contributed by atoms with E-state index >= 15 is 0 Å². The van der Waals surface area contributed by atoms with Crippen LogP contribution in [0.3, 0.4) is 0 Å². The van der Waals surface area contributed by atoms with Gasteiger partial charge in [-0.05, 0) is 20.3 Å². The third kappa shape index (κ3) is 5.16. The van der Waals surface area contributed by atoms with Crippen molar-refractivity contribution in [3.63, 3.8) is 0 Å². The fourth-order valence-corrected chi connectivity index (χ4v) is 1.14. The first kappa shape index (κ1) is 16.4. The quantitative estimate of drug-likeness (QED) is 0.536. The first-order valence-corrected chi connectivity index (χ1v) is 6.11. The van der Waals surface area contributed by atoms with E-state index in [1.165, 1.54) is 0 Å². The zero-order valence-electron chi connectivity index (χ0n) is 11.3. The van der Waals surface area contributed by atoms with Gasteiger partial charge in [-0.15, -0.1) is 0 Å². The summed E-state index contributed by atoms with van der Waals surface area (Å²) in [5.74, 6) is -2.25. The molecule has 0 spiro atoms. The molecule has 0 aliphatic rings.